The predicted octanol–water partition coefficient (Wildman–Crippen LogP) is 3.33. The van der Waals surface area contributed by atoms with Gasteiger partial charge in [-0.3, -0.25) is 0 Å². The fourth-order valence-corrected chi connectivity index (χ4v) is 2.60. The fraction of sp³-hybridized carbons (Fsp3) is 0.500. The molecule has 1 fully saturated rings. The van der Waals surface area contributed by atoms with Crippen LogP contribution < -0.4 is 5.32 Å². The zero-order valence-corrected chi connectivity index (χ0v) is 12.1. The van der Waals surface area contributed by atoms with E-state index in [1.807, 2.05) is 0 Å². The number of nitrogens with zero attached hydrogens (tertiary/aromatic N) is 2. The highest BCUT2D eigenvalue weighted by Crippen LogP contribution is 2.27. The van der Waals surface area contributed by atoms with Crippen molar-refractivity contribution in [1.82, 2.24) is 15.5 Å². The van der Waals surface area contributed by atoms with E-state index in [0.29, 0.717) is 17.7 Å². The van der Waals surface area contributed by atoms with Gasteiger partial charge in [0.1, 0.15) is 0 Å². The van der Waals surface area contributed by atoms with Crippen molar-refractivity contribution in [1.29, 1.82) is 0 Å². The van der Waals surface area contributed by atoms with Gasteiger partial charge in [0.25, 0.3) is 0 Å². The average Bonchev–Trinajstić information content (AvgIpc) is 2.98. The second kappa shape index (κ2) is 5.75. The highest BCUT2D eigenvalue weighted by atomic mass is 16.4. The topological polar surface area (TPSA) is 51.0 Å². The number of rotatable bonds is 3. The molecule has 3 rings (SSSR count). The van der Waals surface area contributed by atoms with Gasteiger partial charge in [-0.05, 0) is 49.5 Å². The third kappa shape index (κ3) is 2.75. The lowest BCUT2D eigenvalue weighted by Gasteiger charge is -2.18. The van der Waals surface area contributed by atoms with E-state index in [2.05, 4.69) is 53.6 Å². The molecule has 0 saturated carbocycles. The number of nitrogens with one attached hydrogen (secondary N) is 1. The highest BCUT2D eigenvalue weighted by Gasteiger charge is 2.21. The first kappa shape index (κ1) is 13.3. The van der Waals surface area contributed by atoms with Crippen LogP contribution >= 0.6 is 0 Å². The number of hydrogen-bond donors (Lipinski definition) is 1. The summed E-state index contributed by atoms with van der Waals surface area (Å²) in [4.78, 5) is 0. The summed E-state index contributed by atoms with van der Waals surface area (Å²) in [5.41, 5.74) is 2.33. The third-order valence-corrected chi connectivity index (χ3v) is 3.95. The van der Waals surface area contributed by atoms with E-state index in [-0.39, 0.29) is 0 Å². The van der Waals surface area contributed by atoms with E-state index in [9.17, 15) is 0 Å². The molecule has 0 aliphatic carbocycles. The highest BCUT2D eigenvalue weighted by molar-refractivity contribution is 5.53. The summed E-state index contributed by atoms with van der Waals surface area (Å²) in [6.45, 7) is 6.45. The maximum atomic E-state index is 5.86. The second-order valence-corrected chi connectivity index (χ2v) is 5.75. The molecule has 106 valence electrons. The minimum atomic E-state index is 0.410. The summed E-state index contributed by atoms with van der Waals surface area (Å²) >= 11 is 0. The molecule has 0 unspecified atom stereocenters. The molecule has 2 aromatic rings. The molecule has 20 heavy (non-hydrogen) atoms. The third-order valence-electron chi connectivity index (χ3n) is 3.95. The van der Waals surface area contributed by atoms with Gasteiger partial charge in [-0.1, -0.05) is 26.0 Å². The summed E-state index contributed by atoms with van der Waals surface area (Å²) in [5.74, 6) is 2.37. The minimum absolute atomic E-state index is 0.410. The minimum Gasteiger partial charge on any atom is -0.420 e. The molecular weight excluding hydrogens is 250 g/mol. The standard InChI is InChI=1S/C16H21N3O/c1-11(2)12-3-5-13(6-4-12)15-18-19-16(20-15)14-7-9-17-10-8-14/h3-6,11,14,17H,7-10H2,1-2H3. The number of hydrogen-bond acceptors (Lipinski definition) is 4. The maximum absolute atomic E-state index is 5.86. The number of aromatic nitrogens is 2. The molecule has 1 saturated heterocycles. The van der Waals surface area contributed by atoms with Crippen molar-refractivity contribution in [2.45, 2.75) is 38.5 Å². The second-order valence-electron chi connectivity index (χ2n) is 5.75. The lowest BCUT2D eigenvalue weighted by Crippen LogP contribution is -2.26. The van der Waals surface area contributed by atoms with Crippen LogP contribution in [0.25, 0.3) is 11.5 Å². The van der Waals surface area contributed by atoms with E-state index >= 15 is 0 Å². The van der Waals surface area contributed by atoms with Gasteiger partial charge in [-0.25, -0.2) is 0 Å². The molecule has 0 radical (unpaired) electrons. The molecule has 4 nitrogen and oxygen atoms in total. The van der Waals surface area contributed by atoms with Crippen LogP contribution in [0, 0.1) is 0 Å². The molecule has 0 bridgehead atoms. The molecule has 1 aromatic heterocycles. The number of benzene rings is 1. The van der Waals surface area contributed by atoms with Gasteiger partial charge in [0.05, 0.1) is 0 Å². The Labute approximate surface area is 119 Å². The van der Waals surface area contributed by atoms with Gasteiger partial charge in [-0.2, -0.15) is 0 Å². The van der Waals surface area contributed by atoms with Crippen molar-refractivity contribution in [2.75, 3.05) is 13.1 Å². The van der Waals surface area contributed by atoms with Crippen LogP contribution in [0.15, 0.2) is 28.7 Å². The molecule has 0 amide bonds. The Morgan fingerprint density at radius 3 is 2.45 bits per heavy atom. The van der Waals surface area contributed by atoms with E-state index in [4.69, 9.17) is 4.42 Å². The fourth-order valence-electron chi connectivity index (χ4n) is 2.60. The van der Waals surface area contributed by atoms with E-state index in [1.54, 1.807) is 0 Å². The largest absolute Gasteiger partial charge is 0.420 e. The van der Waals surface area contributed by atoms with Crippen molar-refractivity contribution in [3.63, 3.8) is 0 Å². The zero-order valence-electron chi connectivity index (χ0n) is 12.1. The molecule has 1 aliphatic heterocycles. The molecule has 4 heteroatoms. The Morgan fingerprint density at radius 1 is 1.10 bits per heavy atom. The van der Waals surface area contributed by atoms with Crippen LogP contribution in [0.2, 0.25) is 0 Å². The van der Waals surface area contributed by atoms with Crippen LogP contribution in [0.3, 0.4) is 0 Å². The molecule has 2 heterocycles. The average molecular weight is 271 g/mol. The normalized spacial score (nSPS) is 16.8. The first-order chi connectivity index (χ1) is 9.74. The van der Waals surface area contributed by atoms with Crippen LogP contribution in [0.5, 0.6) is 0 Å². The van der Waals surface area contributed by atoms with Gasteiger partial charge >= 0.3 is 0 Å². The molecule has 1 N–H and O–H groups in total. The Balaban J connectivity index is 1.78. The maximum Gasteiger partial charge on any atom is 0.247 e. The lowest BCUT2D eigenvalue weighted by molar-refractivity contribution is 0.378. The Morgan fingerprint density at radius 2 is 1.80 bits per heavy atom. The van der Waals surface area contributed by atoms with Crippen molar-refractivity contribution in [3.8, 4) is 11.5 Å². The van der Waals surface area contributed by atoms with E-state index in [0.717, 1.165) is 37.4 Å². The Kier molecular flexibility index (Phi) is 3.83. The van der Waals surface area contributed by atoms with Crippen LogP contribution in [-0.2, 0) is 0 Å². The summed E-state index contributed by atoms with van der Waals surface area (Å²) < 4.78 is 5.86. The van der Waals surface area contributed by atoms with Crippen molar-refractivity contribution < 1.29 is 4.42 Å². The van der Waals surface area contributed by atoms with E-state index in [1.165, 1.54) is 5.56 Å². The van der Waals surface area contributed by atoms with Crippen LogP contribution in [0.1, 0.15) is 50.0 Å². The summed E-state index contributed by atoms with van der Waals surface area (Å²) in [5, 5.41) is 11.8. The van der Waals surface area contributed by atoms with Crippen LogP contribution in [-0.4, -0.2) is 23.3 Å². The first-order valence-electron chi connectivity index (χ1n) is 7.38. The first-order valence-corrected chi connectivity index (χ1v) is 7.38. The smallest absolute Gasteiger partial charge is 0.247 e. The van der Waals surface area contributed by atoms with Gasteiger partial charge in [0.2, 0.25) is 11.8 Å². The van der Waals surface area contributed by atoms with Crippen LogP contribution in [0.4, 0.5) is 0 Å². The summed E-state index contributed by atoms with van der Waals surface area (Å²) in [6, 6.07) is 8.40. The van der Waals surface area contributed by atoms with Gasteiger partial charge in [-0.15, -0.1) is 10.2 Å². The zero-order chi connectivity index (χ0) is 13.9. The molecule has 0 spiro atoms. The van der Waals surface area contributed by atoms with E-state index < -0.39 is 0 Å². The van der Waals surface area contributed by atoms with Crippen molar-refractivity contribution >= 4 is 0 Å². The number of piperidine rings is 1. The lowest BCUT2D eigenvalue weighted by atomic mass is 9.98. The summed E-state index contributed by atoms with van der Waals surface area (Å²) in [6.07, 6.45) is 2.15. The Hall–Kier alpha value is -1.68. The molecule has 1 aliphatic rings. The molecule has 1 aromatic carbocycles. The van der Waals surface area contributed by atoms with Gasteiger partial charge in [0.15, 0.2) is 0 Å². The van der Waals surface area contributed by atoms with Gasteiger partial charge < -0.3 is 9.73 Å². The summed E-state index contributed by atoms with van der Waals surface area (Å²) in [7, 11) is 0. The monoisotopic (exact) mass is 271 g/mol. The quantitative estimate of drug-likeness (QED) is 0.930. The predicted molar refractivity (Wildman–Crippen MR) is 78.7 cm³/mol. The van der Waals surface area contributed by atoms with Crippen molar-refractivity contribution in [2.24, 2.45) is 0 Å². The SMILES string of the molecule is CC(C)c1ccc(-c2nnc(C3CCNCC3)o2)cc1. The van der Waals surface area contributed by atoms with Gasteiger partial charge in [0, 0.05) is 11.5 Å². The molecular formula is C16H21N3O. The Bertz CT molecular complexity index is 553. The van der Waals surface area contributed by atoms with Crippen molar-refractivity contribution in [3.05, 3.63) is 35.7 Å². The molecule has 0 atom stereocenters.